The summed E-state index contributed by atoms with van der Waals surface area (Å²) in [4.78, 5) is 35.8. The van der Waals surface area contributed by atoms with Crippen LogP contribution in [0.1, 0.15) is 12.7 Å². The van der Waals surface area contributed by atoms with Crippen LogP contribution >= 0.6 is 0 Å². The molecule has 0 unspecified atom stereocenters. The minimum absolute atomic E-state index is 0.314. The van der Waals surface area contributed by atoms with Crippen molar-refractivity contribution in [3.05, 3.63) is 54.7 Å². The lowest BCUT2D eigenvalue weighted by atomic mass is 10.0. The second kappa shape index (κ2) is 9.94. The number of benzene rings is 1. The summed E-state index contributed by atoms with van der Waals surface area (Å²) in [7, 11) is 0. The van der Waals surface area contributed by atoms with E-state index in [4.69, 9.17) is 4.74 Å². The molecule has 3 aromatic heterocycles. The predicted octanol–water partition coefficient (Wildman–Crippen LogP) is 3.06. The number of anilines is 1. The zero-order valence-corrected chi connectivity index (χ0v) is 18.9. The Hall–Kier alpha value is -3.89. The predicted molar refractivity (Wildman–Crippen MR) is 129 cm³/mol. The molecule has 4 aromatic rings. The average molecular weight is 459 g/mol. The van der Waals surface area contributed by atoms with Gasteiger partial charge in [0.1, 0.15) is 5.82 Å². The van der Waals surface area contributed by atoms with Gasteiger partial charge in [0.2, 0.25) is 5.95 Å². The smallest absolute Gasteiger partial charge is 0.321 e. The van der Waals surface area contributed by atoms with Gasteiger partial charge in [-0.25, -0.2) is 19.7 Å². The van der Waals surface area contributed by atoms with E-state index in [0.717, 1.165) is 65.5 Å². The van der Waals surface area contributed by atoms with Crippen LogP contribution in [-0.4, -0.2) is 68.7 Å². The molecular formula is C24H26N8O2. The molecule has 0 radical (unpaired) electrons. The molecule has 174 valence electrons. The van der Waals surface area contributed by atoms with Crippen LogP contribution in [0, 0.1) is 0 Å². The number of fused-ring (bicyclic) bond motifs is 1. The Bertz CT molecular complexity index is 1270. The Morgan fingerprint density at radius 2 is 1.94 bits per heavy atom. The van der Waals surface area contributed by atoms with Crippen LogP contribution in [0.15, 0.2) is 48.9 Å². The molecule has 0 spiro atoms. The van der Waals surface area contributed by atoms with Crippen LogP contribution in [-0.2, 0) is 11.3 Å². The molecule has 10 heteroatoms. The summed E-state index contributed by atoms with van der Waals surface area (Å²) in [6.07, 6.45) is 5.44. The van der Waals surface area contributed by atoms with E-state index in [0.29, 0.717) is 19.0 Å². The number of carbonyl (C=O) groups is 1. The number of pyridine rings is 1. The number of ether oxygens (including phenoxy) is 1. The first-order valence-electron chi connectivity index (χ1n) is 11.3. The molecule has 0 bridgehead atoms. The molecule has 1 aromatic carbocycles. The molecule has 1 fully saturated rings. The first-order valence-corrected chi connectivity index (χ1v) is 11.3. The first-order chi connectivity index (χ1) is 16.7. The molecule has 4 heterocycles. The number of urea groups is 1. The van der Waals surface area contributed by atoms with Crippen LogP contribution in [0.25, 0.3) is 33.4 Å². The van der Waals surface area contributed by atoms with Crippen LogP contribution in [0.2, 0.25) is 0 Å². The summed E-state index contributed by atoms with van der Waals surface area (Å²) >= 11 is 0. The summed E-state index contributed by atoms with van der Waals surface area (Å²) < 4.78 is 5.41. The topological polar surface area (TPSA) is 121 Å². The second-order valence-corrected chi connectivity index (χ2v) is 7.98. The zero-order valence-electron chi connectivity index (χ0n) is 18.9. The van der Waals surface area contributed by atoms with Gasteiger partial charge in [-0.15, -0.1) is 0 Å². The molecule has 1 aliphatic rings. The van der Waals surface area contributed by atoms with Gasteiger partial charge in [-0.2, -0.15) is 0 Å². The third kappa shape index (κ3) is 4.87. The van der Waals surface area contributed by atoms with E-state index in [9.17, 15) is 4.79 Å². The standard InChI is InChI=1S/C24H26N8O2/c1-2-25-24(33)31-23-29-20-12-16(11-18(22(20)30-23)19-5-3-4-6-26-19)17-13-27-21(28-14-17)15-32-7-9-34-10-8-32/h3-6,11-14H,2,7-10,15H2,1H3,(H3,25,29,30,31,33). The van der Waals surface area contributed by atoms with E-state index in [1.54, 1.807) is 6.20 Å². The zero-order chi connectivity index (χ0) is 23.3. The highest BCUT2D eigenvalue weighted by Gasteiger charge is 2.16. The van der Waals surface area contributed by atoms with Crippen molar-refractivity contribution in [2.24, 2.45) is 0 Å². The van der Waals surface area contributed by atoms with Crippen LogP contribution in [0.5, 0.6) is 0 Å². The SMILES string of the molecule is CCNC(=O)Nc1nc2c(-c3ccccn3)cc(-c3cnc(CN4CCOCC4)nc3)cc2[nH]1. The molecular weight excluding hydrogens is 432 g/mol. The maximum absolute atomic E-state index is 12.0. The number of imidazole rings is 1. The lowest BCUT2D eigenvalue weighted by Crippen LogP contribution is -2.36. The van der Waals surface area contributed by atoms with Crippen molar-refractivity contribution in [2.75, 3.05) is 38.2 Å². The van der Waals surface area contributed by atoms with E-state index >= 15 is 0 Å². The largest absolute Gasteiger partial charge is 0.379 e. The monoisotopic (exact) mass is 458 g/mol. The van der Waals surface area contributed by atoms with Crippen LogP contribution in [0.4, 0.5) is 10.7 Å². The fraction of sp³-hybridized carbons (Fsp3) is 0.292. The van der Waals surface area contributed by atoms with Crippen molar-refractivity contribution >= 4 is 23.0 Å². The summed E-state index contributed by atoms with van der Waals surface area (Å²) in [6, 6.07) is 9.44. The third-order valence-corrected chi connectivity index (χ3v) is 5.60. The fourth-order valence-corrected chi connectivity index (χ4v) is 3.92. The Morgan fingerprint density at radius 3 is 2.68 bits per heavy atom. The molecule has 3 N–H and O–H groups in total. The van der Waals surface area contributed by atoms with Crippen LogP contribution < -0.4 is 10.6 Å². The molecule has 10 nitrogen and oxygen atoms in total. The fourth-order valence-electron chi connectivity index (χ4n) is 3.92. The highest BCUT2D eigenvalue weighted by Crippen LogP contribution is 2.32. The molecule has 0 atom stereocenters. The molecule has 0 saturated carbocycles. The average Bonchev–Trinajstić information content (AvgIpc) is 3.27. The Morgan fingerprint density at radius 1 is 1.12 bits per heavy atom. The highest BCUT2D eigenvalue weighted by atomic mass is 16.5. The molecule has 2 amide bonds. The van der Waals surface area contributed by atoms with Gasteiger partial charge >= 0.3 is 6.03 Å². The minimum Gasteiger partial charge on any atom is -0.379 e. The van der Waals surface area contributed by atoms with Gasteiger partial charge in [0.15, 0.2) is 0 Å². The van der Waals surface area contributed by atoms with Crippen molar-refractivity contribution in [3.8, 4) is 22.4 Å². The van der Waals surface area contributed by atoms with Crippen LogP contribution in [0.3, 0.4) is 0 Å². The van der Waals surface area contributed by atoms with Gasteiger partial charge < -0.3 is 15.0 Å². The third-order valence-electron chi connectivity index (χ3n) is 5.60. The summed E-state index contributed by atoms with van der Waals surface area (Å²) in [5.74, 6) is 1.15. The van der Waals surface area contributed by atoms with Crippen molar-refractivity contribution in [1.82, 2.24) is 35.1 Å². The number of morpholine rings is 1. The Labute approximate surface area is 196 Å². The lowest BCUT2D eigenvalue weighted by molar-refractivity contribution is 0.0330. The summed E-state index contributed by atoms with van der Waals surface area (Å²) in [5, 5.41) is 5.45. The first kappa shape index (κ1) is 21.9. The van der Waals surface area contributed by atoms with Crippen molar-refractivity contribution in [1.29, 1.82) is 0 Å². The van der Waals surface area contributed by atoms with Gasteiger partial charge in [0.25, 0.3) is 0 Å². The van der Waals surface area contributed by atoms with Gasteiger partial charge in [-0.05, 0) is 36.8 Å². The molecule has 5 rings (SSSR count). The number of amides is 2. The second-order valence-electron chi connectivity index (χ2n) is 7.98. The van der Waals surface area contributed by atoms with Gasteiger partial charge in [0, 0.05) is 49.4 Å². The number of hydrogen-bond acceptors (Lipinski definition) is 7. The van der Waals surface area contributed by atoms with Crippen molar-refractivity contribution < 1.29 is 9.53 Å². The van der Waals surface area contributed by atoms with E-state index in [2.05, 4.69) is 40.5 Å². The quantitative estimate of drug-likeness (QED) is 0.406. The Kier molecular flexibility index (Phi) is 6.41. The van der Waals surface area contributed by atoms with E-state index in [1.807, 2.05) is 49.6 Å². The Balaban J connectivity index is 1.48. The van der Waals surface area contributed by atoms with Gasteiger partial charge in [-0.1, -0.05) is 6.07 Å². The highest BCUT2D eigenvalue weighted by molar-refractivity contribution is 5.97. The summed E-state index contributed by atoms with van der Waals surface area (Å²) in [6.45, 7) is 6.36. The number of carbonyl (C=O) groups excluding carboxylic acids is 1. The minimum atomic E-state index is -0.314. The number of aromatic nitrogens is 5. The van der Waals surface area contributed by atoms with Crippen molar-refractivity contribution in [3.63, 3.8) is 0 Å². The summed E-state index contributed by atoms with van der Waals surface area (Å²) in [5.41, 5.74) is 4.96. The molecule has 1 saturated heterocycles. The van der Waals surface area contributed by atoms with E-state index < -0.39 is 0 Å². The van der Waals surface area contributed by atoms with Gasteiger partial charge in [-0.3, -0.25) is 15.2 Å². The molecule has 1 aliphatic heterocycles. The lowest BCUT2D eigenvalue weighted by Gasteiger charge is -2.25. The van der Waals surface area contributed by atoms with E-state index in [-0.39, 0.29) is 6.03 Å². The number of H-pyrrole nitrogens is 1. The maximum Gasteiger partial charge on any atom is 0.321 e. The molecule has 34 heavy (non-hydrogen) atoms. The molecule has 0 aliphatic carbocycles. The number of nitrogens with one attached hydrogen (secondary N) is 3. The maximum atomic E-state index is 12.0. The van der Waals surface area contributed by atoms with E-state index in [1.165, 1.54) is 0 Å². The van der Waals surface area contributed by atoms with Gasteiger partial charge in [0.05, 0.1) is 36.5 Å². The number of nitrogens with zero attached hydrogens (tertiary/aromatic N) is 5. The number of rotatable bonds is 6. The normalized spacial score (nSPS) is 14.3. The number of hydrogen-bond donors (Lipinski definition) is 3. The van der Waals surface area contributed by atoms with Crippen molar-refractivity contribution in [2.45, 2.75) is 13.5 Å². The number of aromatic amines is 1.